The van der Waals surface area contributed by atoms with Crippen molar-refractivity contribution in [3.05, 3.63) is 34.7 Å². The van der Waals surface area contributed by atoms with Crippen molar-refractivity contribution in [2.75, 3.05) is 13.1 Å². The number of aromatic nitrogens is 2. The summed E-state index contributed by atoms with van der Waals surface area (Å²) in [5.74, 6) is -1.42. The highest BCUT2D eigenvalue weighted by Gasteiger charge is 2.28. The minimum Gasteiger partial charge on any atom is -0.481 e. The number of piperidine rings is 1. The highest BCUT2D eigenvalue weighted by molar-refractivity contribution is 5.79. The van der Waals surface area contributed by atoms with Crippen LogP contribution in [-0.4, -0.2) is 44.1 Å². The van der Waals surface area contributed by atoms with Crippen LogP contribution < -0.4 is 5.69 Å². The monoisotopic (exact) mass is 359 g/mol. The van der Waals surface area contributed by atoms with Crippen LogP contribution in [0, 0.1) is 5.92 Å². The van der Waals surface area contributed by atoms with Crippen molar-refractivity contribution in [2.45, 2.75) is 45.7 Å². The number of nitrogens with zero attached hydrogens (tertiary/aromatic N) is 3. The number of para-hydroxylation sites is 2. The van der Waals surface area contributed by atoms with Gasteiger partial charge in [-0.25, -0.2) is 4.79 Å². The van der Waals surface area contributed by atoms with Crippen molar-refractivity contribution in [3.63, 3.8) is 0 Å². The molecule has 1 aromatic heterocycles. The van der Waals surface area contributed by atoms with Gasteiger partial charge in [0.25, 0.3) is 0 Å². The molecule has 1 aromatic carbocycles. The number of carbonyl (C=O) groups excluding carboxylic acids is 1. The fourth-order valence-electron chi connectivity index (χ4n) is 3.70. The molecule has 7 nitrogen and oxygen atoms in total. The lowest BCUT2D eigenvalue weighted by molar-refractivity contribution is -0.145. The summed E-state index contributed by atoms with van der Waals surface area (Å²) in [6, 6.07) is 7.61. The van der Waals surface area contributed by atoms with Crippen LogP contribution in [0.3, 0.4) is 0 Å². The molecule has 3 rings (SSSR count). The first kappa shape index (κ1) is 18.2. The van der Waals surface area contributed by atoms with E-state index in [2.05, 4.69) is 0 Å². The second-order valence-electron chi connectivity index (χ2n) is 6.84. The van der Waals surface area contributed by atoms with Gasteiger partial charge in [0.05, 0.1) is 17.0 Å². The van der Waals surface area contributed by atoms with Gasteiger partial charge in [0, 0.05) is 32.6 Å². The number of benzene rings is 1. The number of aryl methyl sites for hydroxylation is 2. The number of hydrogen-bond acceptors (Lipinski definition) is 3. The zero-order chi connectivity index (χ0) is 18.7. The van der Waals surface area contributed by atoms with Crippen molar-refractivity contribution in [1.29, 1.82) is 0 Å². The quantitative estimate of drug-likeness (QED) is 0.854. The van der Waals surface area contributed by atoms with E-state index in [1.165, 1.54) is 0 Å². The fraction of sp³-hybridized carbons (Fsp3) is 0.526. The summed E-state index contributed by atoms with van der Waals surface area (Å²) in [6.07, 6.45) is 2.38. The molecule has 1 fully saturated rings. The first-order chi connectivity index (χ1) is 12.5. The molecule has 0 spiro atoms. The van der Waals surface area contributed by atoms with Crippen molar-refractivity contribution in [1.82, 2.24) is 14.0 Å². The van der Waals surface area contributed by atoms with Gasteiger partial charge in [-0.3, -0.25) is 18.7 Å². The third-order valence-corrected chi connectivity index (χ3v) is 5.04. The number of imidazole rings is 1. The van der Waals surface area contributed by atoms with Gasteiger partial charge in [0.1, 0.15) is 0 Å². The molecule has 1 aliphatic rings. The van der Waals surface area contributed by atoms with E-state index in [1.807, 2.05) is 31.2 Å². The molecule has 1 aliphatic heterocycles. The topological polar surface area (TPSA) is 84.5 Å². The van der Waals surface area contributed by atoms with Crippen LogP contribution in [0.2, 0.25) is 0 Å². The smallest absolute Gasteiger partial charge is 0.329 e. The van der Waals surface area contributed by atoms with E-state index in [0.717, 1.165) is 17.5 Å². The van der Waals surface area contributed by atoms with Gasteiger partial charge in [-0.15, -0.1) is 0 Å². The molecule has 2 aromatic rings. The Hall–Kier alpha value is -2.57. The van der Waals surface area contributed by atoms with Crippen LogP contribution in [0.1, 0.15) is 32.6 Å². The molecule has 0 saturated carbocycles. The molecule has 140 valence electrons. The summed E-state index contributed by atoms with van der Waals surface area (Å²) in [5, 5.41) is 9.17. The van der Waals surface area contributed by atoms with Crippen molar-refractivity contribution >= 4 is 22.9 Å². The molecular weight excluding hydrogens is 334 g/mol. The molecule has 1 saturated heterocycles. The highest BCUT2D eigenvalue weighted by atomic mass is 16.4. The SMILES string of the molecule is CCCn1c(=O)n(CCC(=O)N2CCC[C@@H](C(=O)O)C2)c2ccccc21. The zero-order valence-electron chi connectivity index (χ0n) is 15.1. The van der Waals surface area contributed by atoms with Crippen LogP contribution in [0.4, 0.5) is 0 Å². The second-order valence-corrected chi connectivity index (χ2v) is 6.84. The maximum atomic E-state index is 12.7. The summed E-state index contributed by atoms with van der Waals surface area (Å²) in [5.41, 5.74) is 1.62. The molecule has 1 amide bonds. The standard InChI is InChI=1S/C19H25N3O4/c1-2-10-21-15-7-3-4-8-16(15)22(19(21)26)12-9-17(23)20-11-5-6-14(13-20)18(24)25/h3-4,7-8,14H,2,5-6,9-13H2,1H3,(H,24,25)/t14-/m1/s1. The summed E-state index contributed by atoms with van der Waals surface area (Å²) < 4.78 is 3.41. The number of carbonyl (C=O) groups is 2. The largest absolute Gasteiger partial charge is 0.481 e. The average Bonchev–Trinajstić information content (AvgIpc) is 2.92. The number of likely N-dealkylation sites (tertiary alicyclic amines) is 1. The Kier molecular flexibility index (Phi) is 5.44. The number of fused-ring (bicyclic) bond motifs is 1. The van der Waals surface area contributed by atoms with Crippen LogP contribution in [0.5, 0.6) is 0 Å². The van der Waals surface area contributed by atoms with Crippen LogP contribution in [-0.2, 0) is 22.7 Å². The lowest BCUT2D eigenvalue weighted by atomic mass is 9.98. The van der Waals surface area contributed by atoms with Crippen LogP contribution >= 0.6 is 0 Å². The van der Waals surface area contributed by atoms with Gasteiger partial charge in [-0.05, 0) is 31.4 Å². The molecule has 0 unspecified atom stereocenters. The third kappa shape index (κ3) is 3.52. The predicted molar refractivity (Wildman–Crippen MR) is 98.0 cm³/mol. The number of rotatable bonds is 6. The van der Waals surface area contributed by atoms with Crippen LogP contribution in [0.25, 0.3) is 11.0 Å². The molecule has 0 bridgehead atoms. The van der Waals surface area contributed by atoms with Crippen LogP contribution in [0.15, 0.2) is 29.1 Å². The minimum atomic E-state index is -0.846. The lowest BCUT2D eigenvalue weighted by Crippen LogP contribution is -2.42. The molecule has 1 N–H and O–H groups in total. The molecule has 26 heavy (non-hydrogen) atoms. The average molecular weight is 359 g/mol. The molecule has 7 heteroatoms. The maximum Gasteiger partial charge on any atom is 0.329 e. The Morgan fingerprint density at radius 1 is 1.15 bits per heavy atom. The fourth-order valence-corrected chi connectivity index (χ4v) is 3.70. The minimum absolute atomic E-state index is 0.0878. The normalized spacial score (nSPS) is 17.6. The highest BCUT2D eigenvalue weighted by Crippen LogP contribution is 2.18. The summed E-state index contributed by atoms with van der Waals surface area (Å²) in [6.45, 7) is 3.84. The molecule has 0 aliphatic carbocycles. The Labute approximate surface area is 151 Å². The van der Waals surface area contributed by atoms with Crippen molar-refractivity contribution in [2.24, 2.45) is 5.92 Å². The van der Waals surface area contributed by atoms with Crippen molar-refractivity contribution < 1.29 is 14.7 Å². The van der Waals surface area contributed by atoms with Gasteiger partial charge >= 0.3 is 11.7 Å². The van der Waals surface area contributed by atoms with Gasteiger partial charge in [-0.1, -0.05) is 19.1 Å². The number of hydrogen-bond donors (Lipinski definition) is 1. The van der Waals surface area contributed by atoms with E-state index in [4.69, 9.17) is 5.11 Å². The Morgan fingerprint density at radius 3 is 2.42 bits per heavy atom. The van der Waals surface area contributed by atoms with Gasteiger partial charge < -0.3 is 10.0 Å². The molecule has 2 heterocycles. The summed E-state index contributed by atoms with van der Waals surface area (Å²) in [7, 11) is 0. The number of carboxylic acid groups (broad SMARTS) is 1. The van der Waals surface area contributed by atoms with E-state index in [1.54, 1.807) is 14.0 Å². The van der Waals surface area contributed by atoms with Gasteiger partial charge in [-0.2, -0.15) is 0 Å². The van der Waals surface area contributed by atoms with E-state index >= 15 is 0 Å². The Morgan fingerprint density at radius 2 is 1.81 bits per heavy atom. The zero-order valence-corrected chi connectivity index (χ0v) is 15.1. The second kappa shape index (κ2) is 7.76. The third-order valence-electron chi connectivity index (χ3n) is 5.04. The predicted octanol–water partition coefficient (Wildman–Crippen LogP) is 1.93. The van der Waals surface area contributed by atoms with Gasteiger partial charge in [0.15, 0.2) is 0 Å². The lowest BCUT2D eigenvalue weighted by Gasteiger charge is -2.30. The van der Waals surface area contributed by atoms with Crippen molar-refractivity contribution in [3.8, 4) is 0 Å². The summed E-state index contributed by atoms with van der Waals surface area (Å²) in [4.78, 5) is 38.1. The Bertz CT molecular complexity index is 867. The van der Waals surface area contributed by atoms with E-state index in [9.17, 15) is 14.4 Å². The Balaban J connectivity index is 1.75. The first-order valence-electron chi connectivity index (χ1n) is 9.21. The number of carboxylic acids is 1. The maximum absolute atomic E-state index is 12.7. The first-order valence-corrected chi connectivity index (χ1v) is 9.21. The van der Waals surface area contributed by atoms with E-state index < -0.39 is 11.9 Å². The number of amides is 1. The number of aliphatic carboxylic acids is 1. The van der Waals surface area contributed by atoms with Gasteiger partial charge in [0.2, 0.25) is 5.91 Å². The molecular formula is C19H25N3O4. The molecule has 1 atom stereocenters. The molecule has 0 radical (unpaired) electrons. The summed E-state index contributed by atoms with van der Waals surface area (Å²) >= 11 is 0. The van der Waals surface area contributed by atoms with E-state index in [0.29, 0.717) is 32.5 Å². The van der Waals surface area contributed by atoms with E-state index in [-0.39, 0.29) is 24.6 Å².